The van der Waals surface area contributed by atoms with E-state index in [1.807, 2.05) is 0 Å². The number of rotatable bonds is 4. The first kappa shape index (κ1) is 13.8. The van der Waals surface area contributed by atoms with Crippen LogP contribution in [0.15, 0.2) is 12.4 Å². The predicted molar refractivity (Wildman–Crippen MR) is 70.3 cm³/mol. The number of carbonyl (C=O) groups excluding carboxylic acids is 2. The maximum Gasteiger partial charge on any atom is 0.327 e. The van der Waals surface area contributed by atoms with E-state index in [0.29, 0.717) is 22.6 Å². The molecule has 0 saturated carbocycles. The van der Waals surface area contributed by atoms with Gasteiger partial charge < -0.3 is 10.1 Å². The Morgan fingerprint density at radius 2 is 2.20 bits per heavy atom. The topological polar surface area (TPSA) is 102 Å². The molecule has 0 unspecified atom stereocenters. The van der Waals surface area contributed by atoms with Gasteiger partial charge in [-0.05, 0) is 13.8 Å². The van der Waals surface area contributed by atoms with Crippen molar-refractivity contribution in [2.45, 2.75) is 20.4 Å². The molecule has 8 nitrogen and oxygen atoms in total. The van der Waals surface area contributed by atoms with Crippen molar-refractivity contribution >= 4 is 17.6 Å². The fraction of sp³-hybridized carbons (Fsp3) is 0.333. The highest BCUT2D eigenvalue weighted by atomic mass is 16.5. The molecule has 20 heavy (non-hydrogen) atoms. The van der Waals surface area contributed by atoms with Crippen molar-refractivity contribution in [3.05, 3.63) is 29.3 Å². The van der Waals surface area contributed by atoms with Gasteiger partial charge in [-0.1, -0.05) is 0 Å². The van der Waals surface area contributed by atoms with Gasteiger partial charge in [0.2, 0.25) is 0 Å². The summed E-state index contributed by atoms with van der Waals surface area (Å²) in [5.74, 6) is -0.682. The van der Waals surface area contributed by atoms with E-state index in [1.54, 1.807) is 20.0 Å². The molecule has 0 aliphatic heterocycles. The number of nitrogens with zero attached hydrogens (tertiary/aromatic N) is 3. The first-order chi connectivity index (χ1) is 9.51. The number of carbonyl (C=O) groups is 2. The summed E-state index contributed by atoms with van der Waals surface area (Å²) in [6.07, 6.45) is 3.02. The SMILES string of the molecule is COC(=O)Cn1cc(NC(=O)c2c(C)n[nH]c2C)cn1. The van der Waals surface area contributed by atoms with Gasteiger partial charge in [-0.15, -0.1) is 0 Å². The van der Waals surface area contributed by atoms with Crippen LogP contribution in [0, 0.1) is 13.8 Å². The Morgan fingerprint density at radius 1 is 1.45 bits per heavy atom. The molecular formula is C12H15N5O3. The molecule has 0 radical (unpaired) electrons. The first-order valence-corrected chi connectivity index (χ1v) is 5.93. The van der Waals surface area contributed by atoms with Gasteiger partial charge in [0.25, 0.3) is 5.91 Å². The van der Waals surface area contributed by atoms with Gasteiger partial charge in [-0.25, -0.2) is 0 Å². The highest BCUT2D eigenvalue weighted by molar-refractivity contribution is 6.05. The van der Waals surface area contributed by atoms with E-state index in [4.69, 9.17) is 0 Å². The predicted octanol–water partition coefficient (Wildman–Crippen LogP) is 0.648. The zero-order chi connectivity index (χ0) is 14.7. The molecule has 2 aromatic heterocycles. The zero-order valence-corrected chi connectivity index (χ0v) is 11.4. The van der Waals surface area contributed by atoms with Gasteiger partial charge in [-0.3, -0.25) is 19.4 Å². The van der Waals surface area contributed by atoms with Crippen LogP contribution in [0.2, 0.25) is 0 Å². The molecule has 106 valence electrons. The molecule has 0 atom stereocenters. The molecule has 0 fully saturated rings. The Balaban J connectivity index is 2.07. The summed E-state index contributed by atoms with van der Waals surface area (Å²) in [7, 11) is 1.30. The molecule has 0 aliphatic carbocycles. The molecule has 0 saturated heterocycles. The zero-order valence-electron chi connectivity index (χ0n) is 11.4. The molecule has 2 heterocycles. The van der Waals surface area contributed by atoms with E-state index in [1.165, 1.54) is 18.0 Å². The third-order valence-corrected chi connectivity index (χ3v) is 2.77. The number of aromatic amines is 1. The van der Waals surface area contributed by atoms with Crippen LogP contribution in [0.5, 0.6) is 0 Å². The third kappa shape index (κ3) is 2.85. The third-order valence-electron chi connectivity index (χ3n) is 2.77. The Bertz CT molecular complexity index is 624. The highest BCUT2D eigenvalue weighted by Crippen LogP contribution is 2.13. The maximum atomic E-state index is 12.1. The van der Waals surface area contributed by atoms with Gasteiger partial charge in [0.05, 0.1) is 30.3 Å². The average Bonchev–Trinajstić information content (AvgIpc) is 2.96. The average molecular weight is 277 g/mol. The lowest BCUT2D eigenvalue weighted by Crippen LogP contribution is -2.14. The maximum absolute atomic E-state index is 12.1. The molecule has 0 spiro atoms. The lowest BCUT2D eigenvalue weighted by Gasteiger charge is -2.02. The molecule has 0 bridgehead atoms. The van der Waals surface area contributed by atoms with E-state index < -0.39 is 5.97 Å². The van der Waals surface area contributed by atoms with Crippen LogP contribution in [-0.4, -0.2) is 39.0 Å². The van der Waals surface area contributed by atoms with Crippen LogP contribution in [0.25, 0.3) is 0 Å². The van der Waals surface area contributed by atoms with E-state index in [9.17, 15) is 9.59 Å². The minimum absolute atomic E-state index is 0.00383. The molecule has 0 aromatic carbocycles. The van der Waals surface area contributed by atoms with Gasteiger partial charge in [-0.2, -0.15) is 10.2 Å². The van der Waals surface area contributed by atoms with E-state index in [2.05, 4.69) is 25.3 Å². The minimum Gasteiger partial charge on any atom is -0.468 e. The summed E-state index contributed by atoms with van der Waals surface area (Å²) in [5.41, 5.74) is 2.33. The summed E-state index contributed by atoms with van der Waals surface area (Å²) in [4.78, 5) is 23.2. The number of nitrogens with one attached hydrogen (secondary N) is 2. The number of ether oxygens (including phenoxy) is 1. The lowest BCUT2D eigenvalue weighted by atomic mass is 10.2. The van der Waals surface area contributed by atoms with Gasteiger partial charge >= 0.3 is 5.97 Å². The molecule has 8 heteroatoms. The number of H-pyrrole nitrogens is 1. The fourth-order valence-electron chi connectivity index (χ4n) is 1.79. The van der Waals surface area contributed by atoms with E-state index >= 15 is 0 Å². The quantitative estimate of drug-likeness (QED) is 0.799. The van der Waals surface area contributed by atoms with Crippen LogP contribution < -0.4 is 5.32 Å². The fourth-order valence-corrected chi connectivity index (χ4v) is 1.79. The smallest absolute Gasteiger partial charge is 0.327 e. The molecule has 2 aromatic rings. The molecular weight excluding hydrogens is 262 g/mol. The number of hydrogen-bond donors (Lipinski definition) is 2. The number of methoxy groups -OCH3 is 1. The van der Waals surface area contributed by atoms with Gasteiger partial charge in [0.1, 0.15) is 6.54 Å². The Labute approximate surface area is 115 Å². The molecule has 2 N–H and O–H groups in total. The number of hydrogen-bond acceptors (Lipinski definition) is 5. The Hall–Kier alpha value is -2.64. The number of amides is 1. The summed E-state index contributed by atoms with van der Waals surface area (Å²) in [6, 6.07) is 0. The van der Waals surface area contributed by atoms with Gasteiger partial charge in [0, 0.05) is 11.9 Å². The van der Waals surface area contributed by atoms with Crippen molar-refractivity contribution in [1.29, 1.82) is 0 Å². The molecule has 2 rings (SSSR count). The number of esters is 1. The number of aryl methyl sites for hydroxylation is 2. The largest absolute Gasteiger partial charge is 0.468 e. The minimum atomic E-state index is -0.410. The van der Waals surface area contributed by atoms with Gasteiger partial charge in [0.15, 0.2) is 0 Å². The second-order valence-corrected chi connectivity index (χ2v) is 4.27. The first-order valence-electron chi connectivity index (χ1n) is 5.93. The lowest BCUT2D eigenvalue weighted by molar-refractivity contribution is -0.141. The normalized spacial score (nSPS) is 10.3. The summed E-state index contributed by atoms with van der Waals surface area (Å²) in [5, 5.41) is 13.4. The summed E-state index contributed by atoms with van der Waals surface area (Å²) >= 11 is 0. The molecule has 1 amide bonds. The van der Waals surface area contributed by atoms with Crippen LogP contribution in [0.3, 0.4) is 0 Å². The monoisotopic (exact) mass is 277 g/mol. The van der Waals surface area contributed by atoms with Crippen molar-refractivity contribution in [2.24, 2.45) is 0 Å². The Morgan fingerprint density at radius 3 is 2.80 bits per heavy atom. The summed E-state index contributed by atoms with van der Waals surface area (Å²) in [6.45, 7) is 3.52. The second kappa shape index (κ2) is 5.55. The van der Waals surface area contributed by atoms with Crippen molar-refractivity contribution < 1.29 is 14.3 Å². The van der Waals surface area contributed by atoms with Crippen LogP contribution in [-0.2, 0) is 16.1 Å². The highest BCUT2D eigenvalue weighted by Gasteiger charge is 2.16. The number of anilines is 1. The van der Waals surface area contributed by atoms with Crippen molar-refractivity contribution in [3.63, 3.8) is 0 Å². The van der Waals surface area contributed by atoms with Crippen molar-refractivity contribution in [1.82, 2.24) is 20.0 Å². The Kier molecular flexibility index (Phi) is 3.83. The summed E-state index contributed by atoms with van der Waals surface area (Å²) < 4.78 is 5.92. The van der Waals surface area contributed by atoms with Crippen LogP contribution in [0.1, 0.15) is 21.7 Å². The van der Waals surface area contributed by atoms with E-state index in [0.717, 1.165) is 0 Å². The van der Waals surface area contributed by atoms with Crippen molar-refractivity contribution in [3.8, 4) is 0 Å². The van der Waals surface area contributed by atoms with Crippen molar-refractivity contribution in [2.75, 3.05) is 12.4 Å². The second-order valence-electron chi connectivity index (χ2n) is 4.27. The van der Waals surface area contributed by atoms with Crippen LogP contribution >= 0.6 is 0 Å². The molecule has 0 aliphatic rings. The van der Waals surface area contributed by atoms with Crippen LogP contribution in [0.4, 0.5) is 5.69 Å². The number of aromatic nitrogens is 4. The standard InChI is InChI=1S/C12H15N5O3/c1-7-11(8(2)16-15-7)12(19)14-9-4-13-17(5-9)6-10(18)20-3/h4-5H,6H2,1-3H3,(H,14,19)(H,15,16). The van der Waals surface area contributed by atoms with E-state index in [-0.39, 0.29) is 12.5 Å².